The van der Waals surface area contributed by atoms with Crippen molar-refractivity contribution in [3.8, 4) is 11.8 Å². The van der Waals surface area contributed by atoms with Gasteiger partial charge in [0, 0.05) is 10.6 Å². The molecule has 1 rings (SSSR count). The number of rotatable bonds is 3. The molecule has 0 aliphatic rings. The molecule has 5 heteroatoms. The van der Waals surface area contributed by atoms with E-state index in [0.29, 0.717) is 22.9 Å². The summed E-state index contributed by atoms with van der Waals surface area (Å²) in [6.07, 6.45) is -0.522. The highest BCUT2D eigenvalue weighted by Gasteiger charge is 2.08. The second-order valence-electron chi connectivity index (χ2n) is 4.31. The predicted molar refractivity (Wildman–Crippen MR) is 77.2 cm³/mol. The van der Waals surface area contributed by atoms with Crippen LogP contribution < -0.4 is 11.1 Å². The molecule has 0 saturated heterocycles. The van der Waals surface area contributed by atoms with Crippen LogP contribution in [0.1, 0.15) is 19.4 Å². The third-order valence-corrected chi connectivity index (χ3v) is 2.33. The Morgan fingerprint density at radius 1 is 1.53 bits per heavy atom. The van der Waals surface area contributed by atoms with Crippen LogP contribution in [0, 0.1) is 17.8 Å². The minimum atomic E-state index is -0.522. The number of anilines is 1. The monoisotopic (exact) mass is 280 g/mol. The first kappa shape index (κ1) is 15.4. The van der Waals surface area contributed by atoms with Crippen LogP contribution in [0.4, 0.5) is 10.5 Å². The van der Waals surface area contributed by atoms with E-state index in [4.69, 9.17) is 22.1 Å². The molecule has 0 fully saturated rings. The molecule has 0 aromatic heterocycles. The topological polar surface area (TPSA) is 64.3 Å². The quantitative estimate of drug-likeness (QED) is 0.837. The second-order valence-corrected chi connectivity index (χ2v) is 4.75. The Bertz CT molecular complexity index is 504. The average molecular weight is 281 g/mol. The van der Waals surface area contributed by atoms with E-state index >= 15 is 0 Å². The number of carbonyl (C=O) groups is 1. The van der Waals surface area contributed by atoms with Crippen molar-refractivity contribution in [1.29, 1.82) is 0 Å². The summed E-state index contributed by atoms with van der Waals surface area (Å²) in [6, 6.07) is 5.05. The van der Waals surface area contributed by atoms with Gasteiger partial charge >= 0.3 is 6.09 Å². The van der Waals surface area contributed by atoms with Gasteiger partial charge in [-0.1, -0.05) is 37.3 Å². The SMILES string of the molecule is CC(C)COC(=O)Nc1cc(Cl)ccc1C#CCN. The molecule has 0 radical (unpaired) electrons. The van der Waals surface area contributed by atoms with Crippen molar-refractivity contribution < 1.29 is 9.53 Å². The molecule has 0 unspecified atom stereocenters. The Kier molecular flexibility index (Phi) is 6.20. The minimum Gasteiger partial charge on any atom is -0.449 e. The fraction of sp³-hybridized carbons (Fsp3) is 0.357. The van der Waals surface area contributed by atoms with Crippen molar-refractivity contribution in [2.45, 2.75) is 13.8 Å². The van der Waals surface area contributed by atoms with Gasteiger partial charge in [-0.15, -0.1) is 0 Å². The molecule has 1 aromatic carbocycles. The molecular formula is C14H17ClN2O2. The number of ether oxygens (including phenoxy) is 1. The van der Waals surface area contributed by atoms with Crippen molar-refractivity contribution in [3.05, 3.63) is 28.8 Å². The summed E-state index contributed by atoms with van der Waals surface area (Å²) in [7, 11) is 0. The second kappa shape index (κ2) is 7.67. The molecule has 19 heavy (non-hydrogen) atoms. The van der Waals surface area contributed by atoms with E-state index in [1.54, 1.807) is 18.2 Å². The zero-order valence-electron chi connectivity index (χ0n) is 11.0. The van der Waals surface area contributed by atoms with Crippen LogP contribution in [0.25, 0.3) is 0 Å². The highest BCUT2D eigenvalue weighted by molar-refractivity contribution is 6.31. The van der Waals surface area contributed by atoms with E-state index < -0.39 is 6.09 Å². The lowest BCUT2D eigenvalue weighted by Gasteiger charge is -2.10. The first-order chi connectivity index (χ1) is 9.02. The maximum Gasteiger partial charge on any atom is 0.411 e. The van der Waals surface area contributed by atoms with E-state index in [0.717, 1.165) is 0 Å². The smallest absolute Gasteiger partial charge is 0.411 e. The number of hydrogen-bond acceptors (Lipinski definition) is 3. The predicted octanol–water partition coefficient (Wildman–Crippen LogP) is 2.85. The number of nitrogens with one attached hydrogen (secondary N) is 1. The summed E-state index contributed by atoms with van der Waals surface area (Å²) in [4.78, 5) is 11.6. The lowest BCUT2D eigenvalue weighted by Crippen LogP contribution is -2.17. The summed E-state index contributed by atoms with van der Waals surface area (Å²) in [5.74, 6) is 5.88. The van der Waals surface area contributed by atoms with Gasteiger partial charge in [0.15, 0.2) is 0 Å². The largest absolute Gasteiger partial charge is 0.449 e. The van der Waals surface area contributed by atoms with Crippen LogP contribution in [-0.4, -0.2) is 19.2 Å². The van der Waals surface area contributed by atoms with Crippen LogP contribution in [0.2, 0.25) is 5.02 Å². The summed E-state index contributed by atoms with van der Waals surface area (Å²) >= 11 is 5.90. The summed E-state index contributed by atoms with van der Waals surface area (Å²) in [5, 5.41) is 3.14. The summed E-state index contributed by atoms with van der Waals surface area (Å²) in [6.45, 7) is 4.53. The van der Waals surface area contributed by atoms with Crippen molar-refractivity contribution in [2.75, 3.05) is 18.5 Å². The van der Waals surface area contributed by atoms with E-state index in [9.17, 15) is 4.79 Å². The lowest BCUT2D eigenvalue weighted by atomic mass is 10.2. The van der Waals surface area contributed by atoms with E-state index in [1.807, 2.05) is 13.8 Å². The molecule has 0 heterocycles. The molecule has 0 bridgehead atoms. The molecule has 3 N–H and O–H groups in total. The third kappa shape index (κ3) is 5.64. The van der Waals surface area contributed by atoms with Gasteiger partial charge in [0.25, 0.3) is 0 Å². The minimum absolute atomic E-state index is 0.250. The highest BCUT2D eigenvalue weighted by atomic mass is 35.5. The van der Waals surface area contributed by atoms with E-state index in [2.05, 4.69) is 17.2 Å². The Balaban J connectivity index is 2.80. The van der Waals surface area contributed by atoms with Crippen LogP contribution in [-0.2, 0) is 4.74 Å². The van der Waals surface area contributed by atoms with Gasteiger partial charge in [-0.2, -0.15) is 0 Å². The zero-order valence-corrected chi connectivity index (χ0v) is 11.8. The van der Waals surface area contributed by atoms with E-state index in [1.165, 1.54) is 0 Å². The van der Waals surface area contributed by atoms with E-state index in [-0.39, 0.29) is 12.5 Å². The molecule has 102 valence electrons. The third-order valence-electron chi connectivity index (χ3n) is 2.09. The standard InChI is InChI=1S/C14H17ClN2O2/c1-10(2)9-19-14(18)17-13-8-12(15)6-5-11(13)4-3-7-16/h5-6,8,10H,7,9,16H2,1-2H3,(H,17,18). The number of hydrogen-bond donors (Lipinski definition) is 2. The van der Waals surface area contributed by atoms with Crippen LogP contribution >= 0.6 is 11.6 Å². The fourth-order valence-corrected chi connectivity index (χ4v) is 1.44. The molecular weight excluding hydrogens is 264 g/mol. The van der Waals surface area contributed by atoms with Crippen LogP contribution in [0.3, 0.4) is 0 Å². The number of nitrogens with two attached hydrogens (primary N) is 1. The van der Waals surface area contributed by atoms with Crippen molar-refractivity contribution in [2.24, 2.45) is 11.7 Å². The molecule has 4 nitrogen and oxygen atoms in total. The van der Waals surface area contributed by atoms with Gasteiger partial charge in [0.05, 0.1) is 18.8 Å². The molecule has 1 aromatic rings. The summed E-state index contributed by atoms with van der Waals surface area (Å²) < 4.78 is 5.04. The van der Waals surface area contributed by atoms with Crippen LogP contribution in [0.15, 0.2) is 18.2 Å². The Morgan fingerprint density at radius 3 is 2.89 bits per heavy atom. The number of benzene rings is 1. The van der Waals surface area contributed by atoms with Gasteiger partial charge < -0.3 is 10.5 Å². The highest BCUT2D eigenvalue weighted by Crippen LogP contribution is 2.20. The molecule has 0 aliphatic heterocycles. The Hall–Kier alpha value is -1.70. The van der Waals surface area contributed by atoms with Crippen molar-refractivity contribution >= 4 is 23.4 Å². The maximum absolute atomic E-state index is 11.6. The summed E-state index contributed by atoms with van der Waals surface area (Å²) in [5.41, 5.74) is 6.49. The average Bonchev–Trinajstić information content (AvgIpc) is 2.35. The van der Waals surface area contributed by atoms with Crippen molar-refractivity contribution in [1.82, 2.24) is 0 Å². The number of carbonyl (C=O) groups excluding carboxylic acids is 1. The molecule has 0 atom stereocenters. The fourth-order valence-electron chi connectivity index (χ4n) is 1.26. The Morgan fingerprint density at radius 2 is 2.26 bits per heavy atom. The molecule has 0 spiro atoms. The Labute approximate surface area is 118 Å². The molecule has 0 saturated carbocycles. The van der Waals surface area contributed by atoms with Gasteiger partial charge in [0.2, 0.25) is 0 Å². The first-order valence-corrected chi connectivity index (χ1v) is 6.33. The van der Waals surface area contributed by atoms with Gasteiger partial charge in [-0.3, -0.25) is 5.32 Å². The van der Waals surface area contributed by atoms with Gasteiger partial charge in [-0.25, -0.2) is 4.79 Å². The van der Waals surface area contributed by atoms with Crippen molar-refractivity contribution in [3.63, 3.8) is 0 Å². The maximum atomic E-state index is 11.6. The number of halogens is 1. The normalized spacial score (nSPS) is 9.74. The van der Waals surface area contributed by atoms with Gasteiger partial charge in [0.1, 0.15) is 0 Å². The number of amides is 1. The molecule has 0 aliphatic carbocycles. The lowest BCUT2D eigenvalue weighted by molar-refractivity contribution is 0.147. The molecule has 1 amide bonds. The van der Waals surface area contributed by atoms with Crippen LogP contribution in [0.5, 0.6) is 0 Å². The zero-order chi connectivity index (χ0) is 14.3. The van der Waals surface area contributed by atoms with Gasteiger partial charge in [-0.05, 0) is 24.1 Å². The first-order valence-electron chi connectivity index (χ1n) is 5.95.